The molecule has 0 aliphatic carbocycles. The molecule has 0 saturated heterocycles. The zero-order valence-electron chi connectivity index (χ0n) is 15.5. The van der Waals surface area contributed by atoms with Gasteiger partial charge in [-0.2, -0.15) is 0 Å². The predicted octanol–water partition coefficient (Wildman–Crippen LogP) is 4.54. The van der Waals surface area contributed by atoms with Crippen molar-refractivity contribution in [2.45, 2.75) is 13.8 Å². The number of hydrogen-bond acceptors (Lipinski definition) is 4. The molecule has 0 saturated carbocycles. The Morgan fingerprint density at radius 1 is 1.08 bits per heavy atom. The van der Waals surface area contributed by atoms with Crippen LogP contribution in [-0.2, 0) is 0 Å². The Bertz CT molecular complexity index is 893. The number of benzene rings is 2. The Balaban J connectivity index is 0.00000243. The fourth-order valence-electron chi connectivity index (χ4n) is 2.79. The van der Waals surface area contributed by atoms with Gasteiger partial charge in [-0.1, -0.05) is 35.6 Å². The maximum Gasteiger partial charge on any atom is 0.260 e. The summed E-state index contributed by atoms with van der Waals surface area (Å²) in [6.07, 6.45) is 0. The van der Waals surface area contributed by atoms with Crippen molar-refractivity contribution in [3.05, 3.63) is 59.2 Å². The summed E-state index contributed by atoms with van der Waals surface area (Å²) in [7, 11) is 4.02. The van der Waals surface area contributed by atoms with Crippen molar-refractivity contribution in [1.82, 2.24) is 9.88 Å². The maximum absolute atomic E-state index is 13.1. The van der Waals surface area contributed by atoms with Crippen molar-refractivity contribution >= 4 is 45.0 Å². The summed E-state index contributed by atoms with van der Waals surface area (Å²) in [5.74, 6) is -0.00381. The number of anilines is 1. The molecule has 138 valence electrons. The van der Waals surface area contributed by atoms with E-state index in [2.05, 4.69) is 30.9 Å². The highest BCUT2D eigenvalue weighted by Gasteiger charge is 2.21. The van der Waals surface area contributed by atoms with E-state index in [9.17, 15) is 4.79 Å². The molecule has 0 spiro atoms. The van der Waals surface area contributed by atoms with Crippen molar-refractivity contribution in [3.8, 4) is 0 Å². The third-order valence-electron chi connectivity index (χ3n) is 4.09. The monoisotopic (exact) mass is 389 g/mol. The molecule has 1 aromatic heterocycles. The average molecular weight is 390 g/mol. The number of nitrogens with zero attached hydrogens (tertiary/aromatic N) is 3. The molecule has 0 atom stereocenters. The topological polar surface area (TPSA) is 36.4 Å². The largest absolute Gasteiger partial charge is 0.308 e. The summed E-state index contributed by atoms with van der Waals surface area (Å²) in [4.78, 5) is 21.7. The molecule has 0 aliphatic heterocycles. The Kier molecular flexibility index (Phi) is 6.75. The number of fused-ring (bicyclic) bond motifs is 1. The highest BCUT2D eigenvalue weighted by Crippen LogP contribution is 2.32. The van der Waals surface area contributed by atoms with Crippen molar-refractivity contribution in [3.63, 3.8) is 0 Å². The van der Waals surface area contributed by atoms with E-state index < -0.39 is 0 Å². The van der Waals surface area contributed by atoms with E-state index >= 15 is 0 Å². The van der Waals surface area contributed by atoms with Gasteiger partial charge in [-0.15, -0.1) is 12.4 Å². The van der Waals surface area contributed by atoms with E-state index in [1.54, 1.807) is 16.2 Å². The van der Waals surface area contributed by atoms with Crippen LogP contribution in [-0.4, -0.2) is 43.0 Å². The molecular weight excluding hydrogens is 366 g/mol. The highest BCUT2D eigenvalue weighted by molar-refractivity contribution is 7.22. The smallest absolute Gasteiger partial charge is 0.260 e. The van der Waals surface area contributed by atoms with Gasteiger partial charge in [-0.25, -0.2) is 4.98 Å². The summed E-state index contributed by atoms with van der Waals surface area (Å²) >= 11 is 1.58. The Hall–Kier alpha value is -1.95. The predicted molar refractivity (Wildman–Crippen MR) is 113 cm³/mol. The van der Waals surface area contributed by atoms with Crippen LogP contribution in [0.15, 0.2) is 42.5 Å². The molecule has 3 rings (SSSR count). The van der Waals surface area contributed by atoms with Gasteiger partial charge in [0.05, 0.1) is 10.2 Å². The van der Waals surface area contributed by atoms with Crippen LogP contribution in [0.4, 0.5) is 5.13 Å². The second-order valence-corrected chi connectivity index (χ2v) is 7.56. The first-order chi connectivity index (χ1) is 12.0. The van der Waals surface area contributed by atoms with Gasteiger partial charge in [0.2, 0.25) is 0 Å². The third-order valence-corrected chi connectivity index (χ3v) is 5.11. The molecule has 0 fully saturated rings. The van der Waals surface area contributed by atoms with Gasteiger partial charge >= 0.3 is 0 Å². The summed E-state index contributed by atoms with van der Waals surface area (Å²) < 4.78 is 1.13. The standard InChI is InChI=1S/C20H23N3OS.ClH/c1-14-12-15(2)18-17(13-14)25-20(21-18)23(11-10-22(3)4)19(24)16-8-6-5-7-9-16;/h5-9,12-13H,10-11H2,1-4H3;1H. The van der Waals surface area contributed by atoms with E-state index in [1.807, 2.05) is 44.4 Å². The highest BCUT2D eigenvalue weighted by atomic mass is 35.5. The molecule has 1 heterocycles. The van der Waals surface area contributed by atoms with E-state index in [1.165, 1.54) is 5.56 Å². The van der Waals surface area contributed by atoms with Gasteiger partial charge in [0.1, 0.15) is 0 Å². The number of carbonyl (C=O) groups excluding carboxylic acids is 1. The van der Waals surface area contributed by atoms with Crippen molar-refractivity contribution in [2.75, 3.05) is 32.1 Å². The first-order valence-electron chi connectivity index (χ1n) is 8.35. The lowest BCUT2D eigenvalue weighted by molar-refractivity contribution is 0.0985. The van der Waals surface area contributed by atoms with Gasteiger partial charge in [-0.3, -0.25) is 9.69 Å². The molecule has 26 heavy (non-hydrogen) atoms. The number of aromatic nitrogens is 1. The Morgan fingerprint density at radius 3 is 2.42 bits per heavy atom. The lowest BCUT2D eigenvalue weighted by atomic mass is 10.1. The summed E-state index contributed by atoms with van der Waals surface area (Å²) in [6.45, 7) is 5.55. The van der Waals surface area contributed by atoms with Crippen LogP contribution in [0.3, 0.4) is 0 Å². The molecule has 0 N–H and O–H groups in total. The molecule has 4 nitrogen and oxygen atoms in total. The summed E-state index contributed by atoms with van der Waals surface area (Å²) in [5.41, 5.74) is 4.04. The van der Waals surface area contributed by atoms with Crippen LogP contribution in [0, 0.1) is 13.8 Å². The van der Waals surface area contributed by atoms with Crippen LogP contribution in [0.25, 0.3) is 10.2 Å². The summed E-state index contributed by atoms with van der Waals surface area (Å²) in [6, 6.07) is 13.7. The van der Waals surface area contributed by atoms with Crippen molar-refractivity contribution < 1.29 is 4.79 Å². The average Bonchev–Trinajstić information content (AvgIpc) is 2.99. The molecule has 0 bridgehead atoms. The quantitative estimate of drug-likeness (QED) is 0.642. The normalized spacial score (nSPS) is 10.8. The van der Waals surface area contributed by atoms with Crippen molar-refractivity contribution in [1.29, 1.82) is 0 Å². The molecule has 0 unspecified atom stereocenters. The maximum atomic E-state index is 13.1. The van der Waals surface area contributed by atoms with Crippen molar-refractivity contribution in [2.24, 2.45) is 0 Å². The minimum absolute atomic E-state index is 0. The van der Waals surface area contributed by atoms with E-state index in [-0.39, 0.29) is 18.3 Å². The van der Waals surface area contributed by atoms with Gasteiger partial charge in [-0.05, 0) is 57.3 Å². The minimum Gasteiger partial charge on any atom is -0.308 e. The number of carbonyl (C=O) groups is 1. The number of rotatable bonds is 5. The van der Waals surface area contributed by atoms with Gasteiger partial charge in [0, 0.05) is 18.7 Å². The van der Waals surface area contributed by atoms with Crippen LogP contribution in [0.5, 0.6) is 0 Å². The first kappa shape index (κ1) is 20.4. The SMILES string of the molecule is Cc1cc(C)c2nc(N(CCN(C)C)C(=O)c3ccccc3)sc2c1.Cl. The molecular formula is C20H24ClN3OS. The first-order valence-corrected chi connectivity index (χ1v) is 9.17. The van der Waals surface area contributed by atoms with Crippen LogP contribution in [0.2, 0.25) is 0 Å². The third kappa shape index (κ3) is 4.41. The van der Waals surface area contributed by atoms with Crippen LogP contribution < -0.4 is 4.90 Å². The lowest BCUT2D eigenvalue weighted by Gasteiger charge is -2.22. The van der Waals surface area contributed by atoms with Crippen LogP contribution in [0.1, 0.15) is 21.5 Å². The number of likely N-dealkylation sites (N-methyl/N-ethyl adjacent to an activating group) is 1. The fraction of sp³-hybridized carbons (Fsp3) is 0.300. The zero-order chi connectivity index (χ0) is 18.0. The summed E-state index contributed by atoms with van der Waals surface area (Å²) in [5, 5.41) is 0.763. The van der Waals surface area contributed by atoms with E-state index in [0.717, 1.165) is 27.5 Å². The van der Waals surface area contributed by atoms with E-state index in [0.29, 0.717) is 12.1 Å². The number of amides is 1. The van der Waals surface area contributed by atoms with Gasteiger partial charge < -0.3 is 4.90 Å². The number of halogens is 1. The fourth-order valence-corrected chi connectivity index (χ4v) is 3.96. The van der Waals surface area contributed by atoms with Crippen LogP contribution >= 0.6 is 23.7 Å². The second-order valence-electron chi connectivity index (χ2n) is 6.55. The number of thiazole rings is 1. The van der Waals surface area contributed by atoms with E-state index in [4.69, 9.17) is 4.98 Å². The van der Waals surface area contributed by atoms with Gasteiger partial charge in [0.15, 0.2) is 5.13 Å². The number of aryl methyl sites for hydroxylation is 2. The lowest BCUT2D eigenvalue weighted by Crippen LogP contribution is -2.36. The molecule has 2 aromatic carbocycles. The molecule has 0 radical (unpaired) electrons. The zero-order valence-corrected chi connectivity index (χ0v) is 17.2. The minimum atomic E-state index is -0.00381. The molecule has 6 heteroatoms. The molecule has 1 amide bonds. The Morgan fingerprint density at radius 2 is 1.77 bits per heavy atom. The number of hydrogen-bond donors (Lipinski definition) is 0. The molecule has 0 aliphatic rings. The Labute approximate surface area is 164 Å². The molecule has 3 aromatic rings. The van der Waals surface area contributed by atoms with Gasteiger partial charge in [0.25, 0.3) is 5.91 Å². The second kappa shape index (κ2) is 8.62.